The van der Waals surface area contributed by atoms with E-state index in [2.05, 4.69) is 12.2 Å². The monoisotopic (exact) mass is 279 g/mol. The van der Waals surface area contributed by atoms with Crippen LogP contribution in [0.3, 0.4) is 0 Å². The van der Waals surface area contributed by atoms with E-state index < -0.39 is 9.84 Å². The van der Waals surface area contributed by atoms with E-state index in [1.807, 2.05) is 12.1 Å². The molecule has 3 rings (SSSR count). The predicted molar refractivity (Wildman–Crippen MR) is 75.8 cm³/mol. The Morgan fingerprint density at radius 3 is 2.53 bits per heavy atom. The lowest BCUT2D eigenvalue weighted by molar-refractivity contribution is 0.293. The second-order valence-corrected chi connectivity index (χ2v) is 8.00. The lowest BCUT2D eigenvalue weighted by Gasteiger charge is -2.29. The molecule has 0 bridgehead atoms. The fraction of sp³-hybridized carbons (Fsp3) is 0.600. The first-order valence-electron chi connectivity index (χ1n) is 7.14. The summed E-state index contributed by atoms with van der Waals surface area (Å²) in [4.78, 5) is 0.525. The highest BCUT2D eigenvalue weighted by Crippen LogP contribution is 2.34. The van der Waals surface area contributed by atoms with Gasteiger partial charge in [0.2, 0.25) is 0 Å². The number of hydrogen-bond acceptors (Lipinski definition) is 3. The summed E-state index contributed by atoms with van der Waals surface area (Å²) in [5.41, 5.74) is 0.959. The summed E-state index contributed by atoms with van der Waals surface area (Å²) < 4.78 is 24.2. The molecule has 0 radical (unpaired) electrons. The molecule has 0 aromatic heterocycles. The van der Waals surface area contributed by atoms with E-state index in [9.17, 15) is 8.42 Å². The van der Waals surface area contributed by atoms with Gasteiger partial charge in [0.25, 0.3) is 0 Å². The third-order valence-electron chi connectivity index (χ3n) is 4.47. The molecule has 104 valence electrons. The number of benzene rings is 1. The summed E-state index contributed by atoms with van der Waals surface area (Å²) in [7, 11) is -3.08. The van der Waals surface area contributed by atoms with E-state index in [0.29, 0.717) is 10.9 Å². The van der Waals surface area contributed by atoms with Gasteiger partial charge in [-0.3, -0.25) is 0 Å². The van der Waals surface area contributed by atoms with Crippen LogP contribution < -0.4 is 5.32 Å². The van der Waals surface area contributed by atoms with Gasteiger partial charge in [-0.2, -0.15) is 0 Å². The first-order chi connectivity index (χ1) is 9.06. The van der Waals surface area contributed by atoms with E-state index in [1.165, 1.54) is 25.7 Å². The van der Waals surface area contributed by atoms with Crippen LogP contribution in [0.15, 0.2) is 29.2 Å². The summed E-state index contributed by atoms with van der Waals surface area (Å²) in [5, 5.41) is 3.57. The van der Waals surface area contributed by atoms with Gasteiger partial charge in [0.15, 0.2) is 9.84 Å². The normalized spacial score (nSPS) is 33.0. The zero-order chi connectivity index (χ0) is 13.5. The second kappa shape index (κ2) is 4.91. The summed E-state index contributed by atoms with van der Waals surface area (Å²) >= 11 is 0. The highest BCUT2D eigenvalue weighted by molar-refractivity contribution is 7.91. The Morgan fingerprint density at radius 2 is 1.79 bits per heavy atom. The second-order valence-electron chi connectivity index (χ2n) is 6.00. The molecule has 1 aromatic rings. The summed E-state index contributed by atoms with van der Waals surface area (Å²) in [6, 6.07) is 7.87. The van der Waals surface area contributed by atoms with Crippen molar-refractivity contribution < 1.29 is 8.42 Å². The van der Waals surface area contributed by atoms with Crippen molar-refractivity contribution in [1.29, 1.82) is 0 Å². The lowest BCUT2D eigenvalue weighted by Crippen LogP contribution is -2.36. The van der Waals surface area contributed by atoms with Crippen LogP contribution in [0.25, 0.3) is 0 Å². The third kappa shape index (κ3) is 2.56. The Bertz CT molecular complexity index is 559. The Balaban J connectivity index is 1.77. The van der Waals surface area contributed by atoms with Crippen molar-refractivity contribution in [2.75, 3.05) is 5.75 Å². The molecule has 3 nitrogen and oxygen atoms in total. The standard InChI is InChI=1S/C15H21NO2S/c1-11-6-8-12(9-7-11)16-14-10-19(17,18)15-5-3-2-4-13(14)15/h2-5,11-12,14,16H,6-10H2,1H3. The smallest absolute Gasteiger partial charge is 0.180 e. The number of hydrogen-bond donors (Lipinski definition) is 1. The SMILES string of the molecule is CC1CCC(NC2CS(=O)(=O)c3ccccc32)CC1. The number of fused-ring (bicyclic) bond motifs is 1. The summed E-state index contributed by atoms with van der Waals surface area (Å²) in [5.74, 6) is 1.04. The fourth-order valence-electron chi connectivity index (χ4n) is 3.30. The summed E-state index contributed by atoms with van der Waals surface area (Å²) in [6.07, 6.45) is 4.83. The minimum atomic E-state index is -3.08. The molecule has 19 heavy (non-hydrogen) atoms. The molecule has 1 fully saturated rings. The molecule has 1 aromatic carbocycles. The van der Waals surface area contributed by atoms with Crippen molar-refractivity contribution in [3.8, 4) is 0 Å². The van der Waals surface area contributed by atoms with E-state index in [4.69, 9.17) is 0 Å². The molecular formula is C15H21NO2S. The number of nitrogens with one attached hydrogen (secondary N) is 1. The maximum absolute atomic E-state index is 12.1. The van der Waals surface area contributed by atoms with Gasteiger partial charge < -0.3 is 5.32 Å². The summed E-state index contributed by atoms with van der Waals surface area (Å²) in [6.45, 7) is 2.30. The van der Waals surface area contributed by atoms with Crippen molar-refractivity contribution in [2.45, 2.75) is 49.6 Å². The molecule has 0 saturated heterocycles. The maximum atomic E-state index is 12.1. The molecule has 1 saturated carbocycles. The molecule has 1 atom stereocenters. The van der Waals surface area contributed by atoms with Gasteiger partial charge in [-0.05, 0) is 43.2 Å². The van der Waals surface area contributed by atoms with Crippen LogP contribution in [0.5, 0.6) is 0 Å². The topological polar surface area (TPSA) is 46.2 Å². The van der Waals surface area contributed by atoms with Gasteiger partial charge in [0.05, 0.1) is 10.6 Å². The molecule has 2 aliphatic rings. The average molecular weight is 279 g/mol. The Morgan fingerprint density at radius 1 is 1.11 bits per heavy atom. The van der Waals surface area contributed by atoms with Crippen LogP contribution in [0, 0.1) is 5.92 Å². The molecular weight excluding hydrogens is 258 g/mol. The van der Waals surface area contributed by atoms with E-state index >= 15 is 0 Å². The van der Waals surface area contributed by atoms with Crippen molar-refractivity contribution in [3.63, 3.8) is 0 Å². The van der Waals surface area contributed by atoms with Crippen LogP contribution >= 0.6 is 0 Å². The Labute approximate surface area is 115 Å². The first kappa shape index (κ1) is 13.1. The quantitative estimate of drug-likeness (QED) is 0.905. The van der Waals surface area contributed by atoms with E-state index in [1.54, 1.807) is 12.1 Å². The van der Waals surface area contributed by atoms with Crippen LogP contribution in [0.1, 0.15) is 44.2 Å². The van der Waals surface area contributed by atoms with Crippen LogP contribution in [-0.2, 0) is 9.84 Å². The van der Waals surface area contributed by atoms with Gasteiger partial charge in [-0.15, -0.1) is 0 Å². The van der Waals surface area contributed by atoms with Gasteiger partial charge in [0, 0.05) is 12.1 Å². The Kier molecular flexibility index (Phi) is 3.39. The molecule has 1 unspecified atom stereocenters. The molecule has 4 heteroatoms. The van der Waals surface area contributed by atoms with Crippen LogP contribution in [-0.4, -0.2) is 20.2 Å². The molecule has 1 heterocycles. The van der Waals surface area contributed by atoms with Gasteiger partial charge >= 0.3 is 0 Å². The number of sulfone groups is 1. The first-order valence-corrected chi connectivity index (χ1v) is 8.79. The molecule has 1 N–H and O–H groups in total. The van der Waals surface area contributed by atoms with Crippen LogP contribution in [0.4, 0.5) is 0 Å². The lowest BCUT2D eigenvalue weighted by atomic mass is 9.87. The van der Waals surface area contributed by atoms with Crippen molar-refractivity contribution >= 4 is 9.84 Å². The Hall–Kier alpha value is -0.870. The molecule has 0 spiro atoms. The van der Waals surface area contributed by atoms with Crippen molar-refractivity contribution in [2.24, 2.45) is 5.92 Å². The van der Waals surface area contributed by atoms with Crippen LogP contribution in [0.2, 0.25) is 0 Å². The maximum Gasteiger partial charge on any atom is 0.180 e. The number of rotatable bonds is 2. The van der Waals surface area contributed by atoms with E-state index in [-0.39, 0.29) is 11.8 Å². The van der Waals surface area contributed by atoms with Crippen molar-refractivity contribution in [3.05, 3.63) is 29.8 Å². The van der Waals surface area contributed by atoms with Gasteiger partial charge in [0.1, 0.15) is 0 Å². The minimum absolute atomic E-state index is 0.0143. The zero-order valence-corrected chi connectivity index (χ0v) is 12.1. The zero-order valence-electron chi connectivity index (χ0n) is 11.3. The average Bonchev–Trinajstić information content (AvgIpc) is 2.65. The van der Waals surface area contributed by atoms with E-state index in [0.717, 1.165) is 11.5 Å². The largest absolute Gasteiger partial charge is 0.306 e. The molecule has 1 aliphatic heterocycles. The molecule has 1 aliphatic carbocycles. The van der Waals surface area contributed by atoms with Gasteiger partial charge in [-0.1, -0.05) is 25.1 Å². The van der Waals surface area contributed by atoms with Gasteiger partial charge in [-0.25, -0.2) is 8.42 Å². The molecule has 0 amide bonds. The highest BCUT2D eigenvalue weighted by Gasteiger charge is 2.35. The third-order valence-corrected chi connectivity index (χ3v) is 6.28. The van der Waals surface area contributed by atoms with Crippen molar-refractivity contribution in [1.82, 2.24) is 5.32 Å². The highest BCUT2D eigenvalue weighted by atomic mass is 32.2. The predicted octanol–water partition coefficient (Wildman–Crippen LogP) is 2.68. The minimum Gasteiger partial charge on any atom is -0.306 e. The fourth-order valence-corrected chi connectivity index (χ4v) is 5.05.